The Morgan fingerprint density at radius 3 is 2.50 bits per heavy atom. The second kappa shape index (κ2) is 8.82. The summed E-state index contributed by atoms with van der Waals surface area (Å²) in [6, 6.07) is 14.9. The van der Waals surface area contributed by atoms with Gasteiger partial charge in [-0.2, -0.15) is 0 Å². The van der Waals surface area contributed by atoms with E-state index in [1.807, 2.05) is 49.4 Å². The van der Waals surface area contributed by atoms with Gasteiger partial charge in [-0.25, -0.2) is 0 Å². The van der Waals surface area contributed by atoms with Crippen LogP contribution < -0.4 is 19.5 Å². The average molecular weight is 329 g/mol. The van der Waals surface area contributed by atoms with Crippen LogP contribution >= 0.6 is 0 Å². The molecule has 1 atom stereocenters. The van der Waals surface area contributed by atoms with Crippen LogP contribution in [0.4, 0.5) is 0 Å². The maximum absolute atomic E-state index is 12.0. The molecule has 5 heteroatoms. The third-order valence-electron chi connectivity index (χ3n) is 3.41. The van der Waals surface area contributed by atoms with Gasteiger partial charge in [-0.1, -0.05) is 23.8 Å². The maximum atomic E-state index is 12.0. The molecule has 2 aromatic rings. The first-order valence-electron chi connectivity index (χ1n) is 7.86. The van der Waals surface area contributed by atoms with E-state index in [0.29, 0.717) is 24.7 Å². The van der Waals surface area contributed by atoms with Crippen LogP contribution in [0.5, 0.6) is 17.2 Å². The maximum Gasteiger partial charge on any atom is 0.260 e. The topological polar surface area (TPSA) is 56.8 Å². The second-order valence-electron chi connectivity index (χ2n) is 5.39. The summed E-state index contributed by atoms with van der Waals surface area (Å²) in [5, 5.41) is 2.79. The van der Waals surface area contributed by atoms with Crippen molar-refractivity contribution >= 4 is 5.91 Å². The van der Waals surface area contributed by atoms with Crippen molar-refractivity contribution < 1.29 is 19.0 Å². The van der Waals surface area contributed by atoms with Crippen LogP contribution in [0.2, 0.25) is 0 Å². The third-order valence-corrected chi connectivity index (χ3v) is 3.41. The van der Waals surface area contributed by atoms with Crippen molar-refractivity contribution in [2.45, 2.75) is 20.0 Å². The number of ether oxygens (including phenoxy) is 3. The van der Waals surface area contributed by atoms with Crippen LogP contribution in [0, 0.1) is 6.92 Å². The van der Waals surface area contributed by atoms with Crippen molar-refractivity contribution in [1.82, 2.24) is 5.32 Å². The summed E-state index contributed by atoms with van der Waals surface area (Å²) in [7, 11) is 1.61. The van der Waals surface area contributed by atoms with E-state index in [9.17, 15) is 4.79 Å². The van der Waals surface area contributed by atoms with E-state index in [4.69, 9.17) is 14.2 Å². The molecule has 128 valence electrons. The van der Waals surface area contributed by atoms with Crippen molar-refractivity contribution in [3.8, 4) is 17.2 Å². The molecule has 0 aliphatic heterocycles. The zero-order valence-electron chi connectivity index (χ0n) is 14.2. The molecular formula is C19H23NO4. The molecule has 1 N–H and O–H groups in total. The number of hydrogen-bond donors (Lipinski definition) is 1. The Labute approximate surface area is 142 Å². The number of carbonyl (C=O) groups excluding carboxylic acids is 1. The summed E-state index contributed by atoms with van der Waals surface area (Å²) < 4.78 is 16.3. The lowest BCUT2D eigenvalue weighted by molar-refractivity contribution is -0.127. The van der Waals surface area contributed by atoms with E-state index in [1.165, 1.54) is 0 Å². The van der Waals surface area contributed by atoms with Gasteiger partial charge in [0.25, 0.3) is 5.91 Å². The molecule has 0 radical (unpaired) electrons. The molecule has 0 spiro atoms. The van der Waals surface area contributed by atoms with Crippen LogP contribution in [0.3, 0.4) is 0 Å². The van der Waals surface area contributed by atoms with Gasteiger partial charge in [0.05, 0.1) is 13.7 Å². The predicted molar refractivity (Wildman–Crippen MR) is 92.8 cm³/mol. The molecule has 0 fully saturated rings. The Morgan fingerprint density at radius 2 is 1.79 bits per heavy atom. The Balaban J connectivity index is 1.71. The number of benzene rings is 2. The number of carbonyl (C=O) groups is 1. The summed E-state index contributed by atoms with van der Waals surface area (Å²) in [6.07, 6.45) is -0.565. The molecule has 0 aliphatic carbocycles. The first kappa shape index (κ1) is 17.7. The molecule has 0 saturated heterocycles. The van der Waals surface area contributed by atoms with Crippen molar-refractivity contribution in [3.63, 3.8) is 0 Å². The van der Waals surface area contributed by atoms with Gasteiger partial charge in [-0.3, -0.25) is 4.79 Å². The van der Waals surface area contributed by atoms with Gasteiger partial charge in [0.15, 0.2) is 6.10 Å². The highest BCUT2D eigenvalue weighted by atomic mass is 16.5. The van der Waals surface area contributed by atoms with Gasteiger partial charge in [0.2, 0.25) is 0 Å². The Morgan fingerprint density at radius 1 is 1.08 bits per heavy atom. The van der Waals surface area contributed by atoms with Crippen LogP contribution in [0.15, 0.2) is 48.5 Å². The minimum absolute atomic E-state index is 0.176. The molecule has 1 amide bonds. The first-order valence-corrected chi connectivity index (χ1v) is 7.86. The Hall–Kier alpha value is -2.69. The monoisotopic (exact) mass is 329 g/mol. The lowest BCUT2D eigenvalue weighted by Gasteiger charge is -2.15. The molecule has 0 aliphatic rings. The number of hydrogen-bond acceptors (Lipinski definition) is 4. The van der Waals surface area contributed by atoms with Crippen LogP contribution in [0.1, 0.15) is 12.5 Å². The fourth-order valence-corrected chi connectivity index (χ4v) is 2.05. The summed E-state index contributed by atoms with van der Waals surface area (Å²) in [4.78, 5) is 12.0. The van der Waals surface area contributed by atoms with E-state index in [-0.39, 0.29) is 5.91 Å². The third kappa shape index (κ3) is 5.50. The number of nitrogens with one attached hydrogen (secondary N) is 1. The van der Waals surface area contributed by atoms with E-state index in [2.05, 4.69) is 5.32 Å². The molecule has 0 saturated carbocycles. The zero-order chi connectivity index (χ0) is 17.4. The molecule has 5 nitrogen and oxygen atoms in total. The number of aryl methyl sites for hydroxylation is 1. The van der Waals surface area contributed by atoms with Gasteiger partial charge < -0.3 is 19.5 Å². The molecule has 0 bridgehead atoms. The largest absolute Gasteiger partial charge is 0.497 e. The standard InChI is InChI=1S/C19H23NO4/c1-14-7-9-16(10-8-14)24-15(2)19(21)20-11-12-23-18-6-4-5-17(13-18)22-3/h4-10,13,15H,11-12H2,1-3H3,(H,20,21). The van der Waals surface area contributed by atoms with E-state index < -0.39 is 6.10 Å². The minimum Gasteiger partial charge on any atom is -0.497 e. The van der Waals surface area contributed by atoms with Gasteiger partial charge in [0, 0.05) is 6.07 Å². The first-order chi connectivity index (χ1) is 11.6. The van der Waals surface area contributed by atoms with Gasteiger partial charge in [-0.15, -0.1) is 0 Å². The highest BCUT2D eigenvalue weighted by molar-refractivity contribution is 5.80. The van der Waals surface area contributed by atoms with E-state index >= 15 is 0 Å². The summed E-state index contributed by atoms with van der Waals surface area (Å²) >= 11 is 0. The van der Waals surface area contributed by atoms with Crippen molar-refractivity contribution in [2.24, 2.45) is 0 Å². The normalized spacial score (nSPS) is 11.5. The molecule has 1 unspecified atom stereocenters. The number of amides is 1. The molecule has 0 heterocycles. The van der Waals surface area contributed by atoms with Gasteiger partial charge in [0.1, 0.15) is 23.9 Å². The summed E-state index contributed by atoms with van der Waals surface area (Å²) in [5.74, 6) is 1.94. The van der Waals surface area contributed by atoms with Crippen LogP contribution in [-0.2, 0) is 4.79 Å². The molecular weight excluding hydrogens is 306 g/mol. The number of rotatable bonds is 8. The Kier molecular flexibility index (Phi) is 6.49. The average Bonchev–Trinajstić information content (AvgIpc) is 2.60. The molecule has 24 heavy (non-hydrogen) atoms. The lowest BCUT2D eigenvalue weighted by atomic mass is 10.2. The van der Waals surface area contributed by atoms with E-state index in [0.717, 1.165) is 11.3 Å². The summed E-state index contributed by atoms with van der Waals surface area (Å²) in [5.41, 5.74) is 1.15. The van der Waals surface area contributed by atoms with E-state index in [1.54, 1.807) is 20.1 Å². The van der Waals surface area contributed by atoms with Crippen molar-refractivity contribution in [1.29, 1.82) is 0 Å². The van der Waals surface area contributed by atoms with Crippen molar-refractivity contribution in [3.05, 3.63) is 54.1 Å². The molecule has 0 aromatic heterocycles. The zero-order valence-corrected chi connectivity index (χ0v) is 14.2. The second-order valence-corrected chi connectivity index (χ2v) is 5.39. The fraction of sp³-hybridized carbons (Fsp3) is 0.316. The van der Waals surface area contributed by atoms with Gasteiger partial charge >= 0.3 is 0 Å². The molecule has 2 rings (SSSR count). The highest BCUT2D eigenvalue weighted by Gasteiger charge is 2.13. The SMILES string of the molecule is COc1cccc(OCCNC(=O)C(C)Oc2ccc(C)cc2)c1. The highest BCUT2D eigenvalue weighted by Crippen LogP contribution is 2.18. The number of methoxy groups -OCH3 is 1. The Bertz CT molecular complexity index is 655. The smallest absolute Gasteiger partial charge is 0.260 e. The fourth-order valence-electron chi connectivity index (χ4n) is 2.05. The predicted octanol–water partition coefficient (Wildman–Crippen LogP) is 2.97. The van der Waals surface area contributed by atoms with Gasteiger partial charge in [-0.05, 0) is 38.1 Å². The summed E-state index contributed by atoms with van der Waals surface area (Å²) in [6.45, 7) is 4.49. The quantitative estimate of drug-likeness (QED) is 0.757. The molecule has 2 aromatic carbocycles. The minimum atomic E-state index is -0.565. The lowest BCUT2D eigenvalue weighted by Crippen LogP contribution is -2.38. The van der Waals surface area contributed by atoms with Crippen LogP contribution in [0.25, 0.3) is 0 Å². The van der Waals surface area contributed by atoms with Crippen LogP contribution in [-0.4, -0.2) is 32.3 Å². The van der Waals surface area contributed by atoms with Crippen molar-refractivity contribution in [2.75, 3.05) is 20.3 Å².